The zero-order valence-electron chi connectivity index (χ0n) is 12.7. The van der Waals surface area contributed by atoms with Crippen LogP contribution in [-0.2, 0) is 19.4 Å². The zero-order valence-corrected chi connectivity index (χ0v) is 12.7. The standard InChI is InChI=1S/C17H20N4O/c1-21-9-5-15-14(12-21)10-19-11-16(15)17(22)20-8-4-13-2-6-18-7-3-13/h2-3,6-7,10-11H,4-5,8-9,12H2,1H3,(H,20,22). The number of hydrogen-bond acceptors (Lipinski definition) is 4. The SMILES string of the molecule is CN1CCc2c(cncc2C(=O)NCCc2ccncc2)C1. The van der Waals surface area contributed by atoms with Gasteiger partial charge in [0.15, 0.2) is 0 Å². The fraction of sp³-hybridized carbons (Fsp3) is 0.353. The molecule has 0 aromatic carbocycles. The summed E-state index contributed by atoms with van der Waals surface area (Å²) in [5.74, 6) is -0.0250. The summed E-state index contributed by atoms with van der Waals surface area (Å²) in [4.78, 5) is 22.9. The van der Waals surface area contributed by atoms with Crippen molar-refractivity contribution in [3.8, 4) is 0 Å². The molecule has 1 N–H and O–H groups in total. The molecule has 1 amide bonds. The second-order valence-corrected chi connectivity index (χ2v) is 5.67. The summed E-state index contributed by atoms with van der Waals surface area (Å²) in [6.07, 6.45) is 8.81. The number of carbonyl (C=O) groups excluding carboxylic acids is 1. The van der Waals surface area contributed by atoms with Crippen LogP contribution in [0.2, 0.25) is 0 Å². The van der Waals surface area contributed by atoms with Crippen molar-refractivity contribution in [2.24, 2.45) is 0 Å². The van der Waals surface area contributed by atoms with Crippen LogP contribution in [0.25, 0.3) is 0 Å². The van der Waals surface area contributed by atoms with E-state index < -0.39 is 0 Å². The van der Waals surface area contributed by atoms with Gasteiger partial charge in [-0.25, -0.2) is 0 Å². The summed E-state index contributed by atoms with van der Waals surface area (Å²) < 4.78 is 0. The van der Waals surface area contributed by atoms with Crippen molar-refractivity contribution < 1.29 is 4.79 Å². The van der Waals surface area contributed by atoms with Gasteiger partial charge in [-0.3, -0.25) is 14.8 Å². The highest BCUT2D eigenvalue weighted by Gasteiger charge is 2.20. The van der Waals surface area contributed by atoms with Gasteiger partial charge in [-0.2, -0.15) is 0 Å². The minimum atomic E-state index is -0.0250. The smallest absolute Gasteiger partial charge is 0.253 e. The van der Waals surface area contributed by atoms with Crippen LogP contribution < -0.4 is 5.32 Å². The van der Waals surface area contributed by atoms with Gasteiger partial charge in [0.25, 0.3) is 5.91 Å². The third-order valence-electron chi connectivity index (χ3n) is 4.02. The summed E-state index contributed by atoms with van der Waals surface area (Å²) in [5, 5.41) is 3.00. The first-order valence-electron chi connectivity index (χ1n) is 7.55. The van der Waals surface area contributed by atoms with Gasteiger partial charge in [-0.15, -0.1) is 0 Å². The van der Waals surface area contributed by atoms with Crippen LogP contribution in [0.3, 0.4) is 0 Å². The molecule has 0 spiro atoms. The number of aromatic nitrogens is 2. The Labute approximate surface area is 130 Å². The third kappa shape index (κ3) is 3.31. The molecule has 0 saturated carbocycles. The summed E-state index contributed by atoms with van der Waals surface area (Å²) in [7, 11) is 2.09. The van der Waals surface area contributed by atoms with E-state index in [2.05, 4.69) is 27.2 Å². The number of nitrogens with zero attached hydrogens (tertiary/aromatic N) is 3. The molecule has 0 aliphatic carbocycles. The third-order valence-corrected chi connectivity index (χ3v) is 4.02. The first-order chi connectivity index (χ1) is 10.7. The van der Waals surface area contributed by atoms with Gasteiger partial charge in [0.2, 0.25) is 0 Å². The van der Waals surface area contributed by atoms with Crippen molar-refractivity contribution in [1.29, 1.82) is 0 Å². The molecule has 22 heavy (non-hydrogen) atoms. The second kappa shape index (κ2) is 6.66. The molecule has 5 heteroatoms. The minimum Gasteiger partial charge on any atom is -0.352 e. The van der Waals surface area contributed by atoms with E-state index in [0.717, 1.165) is 42.6 Å². The lowest BCUT2D eigenvalue weighted by molar-refractivity contribution is 0.0952. The summed E-state index contributed by atoms with van der Waals surface area (Å²) in [5.41, 5.74) is 4.20. The fourth-order valence-corrected chi connectivity index (χ4v) is 2.80. The maximum atomic E-state index is 12.4. The number of pyridine rings is 2. The van der Waals surface area contributed by atoms with Crippen molar-refractivity contribution >= 4 is 5.91 Å². The second-order valence-electron chi connectivity index (χ2n) is 5.67. The molecule has 0 saturated heterocycles. The Hall–Kier alpha value is -2.27. The van der Waals surface area contributed by atoms with Gasteiger partial charge < -0.3 is 10.2 Å². The maximum absolute atomic E-state index is 12.4. The molecule has 3 rings (SSSR count). The quantitative estimate of drug-likeness (QED) is 0.927. The van der Waals surface area contributed by atoms with Gasteiger partial charge in [-0.05, 0) is 48.7 Å². The van der Waals surface area contributed by atoms with E-state index >= 15 is 0 Å². The Morgan fingerprint density at radius 2 is 2.09 bits per heavy atom. The van der Waals surface area contributed by atoms with E-state index in [9.17, 15) is 4.79 Å². The highest BCUT2D eigenvalue weighted by atomic mass is 16.1. The van der Waals surface area contributed by atoms with Crippen LogP contribution in [0.15, 0.2) is 36.9 Å². The largest absolute Gasteiger partial charge is 0.352 e. The van der Waals surface area contributed by atoms with E-state index in [1.165, 1.54) is 5.56 Å². The van der Waals surface area contributed by atoms with Crippen molar-refractivity contribution in [1.82, 2.24) is 20.2 Å². The molecule has 0 atom stereocenters. The molecule has 0 unspecified atom stereocenters. The lowest BCUT2D eigenvalue weighted by Crippen LogP contribution is -2.31. The van der Waals surface area contributed by atoms with Crippen LogP contribution in [0.5, 0.6) is 0 Å². The van der Waals surface area contributed by atoms with E-state index in [-0.39, 0.29) is 5.91 Å². The van der Waals surface area contributed by atoms with Crippen molar-refractivity contribution in [3.63, 3.8) is 0 Å². The van der Waals surface area contributed by atoms with Gasteiger partial charge in [-0.1, -0.05) is 0 Å². The minimum absolute atomic E-state index is 0.0250. The molecular formula is C17H20N4O. The lowest BCUT2D eigenvalue weighted by atomic mass is 9.97. The number of rotatable bonds is 4. The molecule has 2 aromatic rings. The zero-order chi connectivity index (χ0) is 15.4. The summed E-state index contributed by atoms with van der Waals surface area (Å²) >= 11 is 0. The predicted octanol–water partition coefficient (Wildman–Crippen LogP) is 1.44. The Balaban J connectivity index is 1.64. The molecule has 114 valence electrons. The Bertz CT molecular complexity index is 657. The van der Waals surface area contributed by atoms with E-state index in [0.29, 0.717) is 6.54 Å². The average molecular weight is 296 g/mol. The van der Waals surface area contributed by atoms with Crippen LogP contribution in [0.4, 0.5) is 0 Å². The summed E-state index contributed by atoms with van der Waals surface area (Å²) in [6.45, 7) is 2.46. The van der Waals surface area contributed by atoms with Crippen LogP contribution in [-0.4, -0.2) is 40.9 Å². The molecule has 3 heterocycles. The topological polar surface area (TPSA) is 58.1 Å². The first-order valence-corrected chi connectivity index (χ1v) is 7.55. The highest BCUT2D eigenvalue weighted by molar-refractivity contribution is 5.95. The Morgan fingerprint density at radius 1 is 1.27 bits per heavy atom. The number of carbonyl (C=O) groups is 1. The number of fused-ring (bicyclic) bond motifs is 1. The van der Waals surface area contributed by atoms with Crippen molar-refractivity contribution in [3.05, 3.63) is 59.2 Å². The van der Waals surface area contributed by atoms with E-state index in [1.54, 1.807) is 18.6 Å². The summed E-state index contributed by atoms with van der Waals surface area (Å²) in [6, 6.07) is 3.93. The monoisotopic (exact) mass is 296 g/mol. The Morgan fingerprint density at radius 3 is 2.91 bits per heavy atom. The predicted molar refractivity (Wildman–Crippen MR) is 84.5 cm³/mol. The molecule has 1 aliphatic heterocycles. The highest BCUT2D eigenvalue weighted by Crippen LogP contribution is 2.20. The van der Waals surface area contributed by atoms with Gasteiger partial charge >= 0.3 is 0 Å². The first kappa shape index (κ1) is 14.7. The lowest BCUT2D eigenvalue weighted by Gasteiger charge is -2.26. The van der Waals surface area contributed by atoms with Crippen LogP contribution in [0, 0.1) is 0 Å². The van der Waals surface area contributed by atoms with Gasteiger partial charge in [0.05, 0.1) is 5.56 Å². The van der Waals surface area contributed by atoms with Gasteiger partial charge in [0, 0.05) is 44.4 Å². The van der Waals surface area contributed by atoms with E-state index in [4.69, 9.17) is 0 Å². The molecule has 5 nitrogen and oxygen atoms in total. The van der Waals surface area contributed by atoms with Crippen LogP contribution >= 0.6 is 0 Å². The number of likely N-dealkylation sites (N-methyl/N-ethyl adjacent to an activating group) is 1. The number of amides is 1. The van der Waals surface area contributed by atoms with Crippen molar-refractivity contribution in [2.75, 3.05) is 20.1 Å². The average Bonchev–Trinajstić information content (AvgIpc) is 2.55. The maximum Gasteiger partial charge on any atom is 0.253 e. The molecular weight excluding hydrogens is 276 g/mol. The molecule has 0 radical (unpaired) electrons. The fourth-order valence-electron chi connectivity index (χ4n) is 2.80. The Kier molecular flexibility index (Phi) is 4.44. The molecule has 1 aliphatic rings. The van der Waals surface area contributed by atoms with Crippen LogP contribution in [0.1, 0.15) is 27.0 Å². The van der Waals surface area contributed by atoms with Gasteiger partial charge in [0.1, 0.15) is 0 Å². The molecule has 0 bridgehead atoms. The van der Waals surface area contributed by atoms with Crippen molar-refractivity contribution in [2.45, 2.75) is 19.4 Å². The number of hydrogen-bond donors (Lipinski definition) is 1. The van der Waals surface area contributed by atoms with E-state index in [1.807, 2.05) is 18.3 Å². The normalized spacial score (nSPS) is 14.4. The number of nitrogens with one attached hydrogen (secondary N) is 1. The molecule has 2 aromatic heterocycles. The molecule has 0 fully saturated rings.